The van der Waals surface area contributed by atoms with Gasteiger partial charge in [-0.25, -0.2) is 14.4 Å². The van der Waals surface area contributed by atoms with Gasteiger partial charge in [0.1, 0.15) is 6.33 Å². The number of hydrogen-bond donors (Lipinski definition) is 1. The van der Waals surface area contributed by atoms with Gasteiger partial charge in [-0.1, -0.05) is 13.8 Å². The van der Waals surface area contributed by atoms with Crippen LogP contribution in [0.3, 0.4) is 0 Å². The third-order valence-electron chi connectivity index (χ3n) is 3.31. The second-order valence-corrected chi connectivity index (χ2v) is 4.54. The molecular formula is C13H21FN4O. The number of halogens is 1. The summed E-state index contributed by atoms with van der Waals surface area (Å²) in [5, 5.41) is 3.28. The van der Waals surface area contributed by atoms with Crippen molar-refractivity contribution in [3.8, 4) is 0 Å². The summed E-state index contributed by atoms with van der Waals surface area (Å²) in [6.45, 7) is 7.45. The maximum absolute atomic E-state index is 14.3. The Morgan fingerprint density at radius 2 is 2.32 bits per heavy atom. The molecule has 19 heavy (non-hydrogen) atoms. The van der Waals surface area contributed by atoms with Gasteiger partial charge in [-0.3, -0.25) is 0 Å². The normalized spacial score (nSPS) is 19.7. The molecule has 0 amide bonds. The average Bonchev–Trinajstić information content (AvgIpc) is 2.46. The molecular weight excluding hydrogens is 247 g/mol. The second kappa shape index (κ2) is 6.77. The number of rotatable bonds is 5. The fourth-order valence-electron chi connectivity index (χ4n) is 2.26. The van der Waals surface area contributed by atoms with Crippen molar-refractivity contribution in [2.75, 3.05) is 37.7 Å². The first-order valence-electron chi connectivity index (χ1n) is 6.82. The molecule has 1 atom stereocenters. The lowest BCUT2D eigenvalue weighted by molar-refractivity contribution is 0.0930. The van der Waals surface area contributed by atoms with E-state index in [0.29, 0.717) is 37.7 Å². The van der Waals surface area contributed by atoms with Crippen LogP contribution >= 0.6 is 0 Å². The third kappa shape index (κ3) is 3.19. The quantitative estimate of drug-likeness (QED) is 0.863. The molecule has 1 aromatic rings. The van der Waals surface area contributed by atoms with Crippen LogP contribution in [0.1, 0.15) is 19.5 Å². The van der Waals surface area contributed by atoms with Crippen LogP contribution in [0.5, 0.6) is 0 Å². The van der Waals surface area contributed by atoms with Gasteiger partial charge in [0, 0.05) is 13.1 Å². The molecule has 0 radical (unpaired) electrons. The summed E-state index contributed by atoms with van der Waals surface area (Å²) < 4.78 is 19.8. The highest BCUT2D eigenvalue weighted by atomic mass is 19.1. The van der Waals surface area contributed by atoms with Crippen molar-refractivity contribution in [1.82, 2.24) is 15.3 Å². The summed E-state index contributed by atoms with van der Waals surface area (Å²) >= 11 is 0. The molecule has 6 heteroatoms. The molecule has 0 spiro atoms. The Bertz CT molecular complexity index is 416. The Hall–Kier alpha value is -1.27. The van der Waals surface area contributed by atoms with E-state index in [9.17, 15) is 4.39 Å². The maximum Gasteiger partial charge on any atom is 0.187 e. The standard InChI is InChI=1S/C13H21FN4O/c1-3-11-12(14)13(17-9-16-11)18-5-6-19-8-10(18)7-15-4-2/h9-10,15H,3-8H2,1-2H3. The van der Waals surface area contributed by atoms with E-state index in [1.165, 1.54) is 6.33 Å². The van der Waals surface area contributed by atoms with Crippen molar-refractivity contribution in [3.05, 3.63) is 17.8 Å². The molecule has 1 saturated heterocycles. The van der Waals surface area contributed by atoms with Gasteiger partial charge in [-0.15, -0.1) is 0 Å². The minimum atomic E-state index is -0.298. The minimum absolute atomic E-state index is 0.114. The Labute approximate surface area is 113 Å². The minimum Gasteiger partial charge on any atom is -0.377 e. The summed E-state index contributed by atoms with van der Waals surface area (Å²) in [5.74, 6) is 0.103. The van der Waals surface area contributed by atoms with Gasteiger partial charge in [0.25, 0.3) is 0 Å². The van der Waals surface area contributed by atoms with E-state index in [0.717, 1.165) is 13.1 Å². The average molecular weight is 268 g/mol. The first-order valence-corrected chi connectivity index (χ1v) is 6.82. The van der Waals surface area contributed by atoms with Gasteiger partial charge in [-0.2, -0.15) is 0 Å². The molecule has 1 unspecified atom stereocenters. The summed E-state index contributed by atoms with van der Waals surface area (Å²) in [6, 6.07) is 0.114. The molecule has 1 fully saturated rings. The van der Waals surface area contributed by atoms with E-state index in [2.05, 4.69) is 22.2 Å². The highest BCUT2D eigenvalue weighted by Gasteiger charge is 2.27. The number of aromatic nitrogens is 2. The van der Waals surface area contributed by atoms with Gasteiger partial charge < -0.3 is 15.0 Å². The molecule has 1 aliphatic heterocycles. The largest absolute Gasteiger partial charge is 0.377 e. The smallest absolute Gasteiger partial charge is 0.187 e. The molecule has 1 N–H and O–H groups in total. The van der Waals surface area contributed by atoms with Gasteiger partial charge in [0.15, 0.2) is 11.6 Å². The summed E-state index contributed by atoms with van der Waals surface area (Å²) in [7, 11) is 0. The number of morpholine rings is 1. The van der Waals surface area contributed by atoms with E-state index in [4.69, 9.17) is 4.74 Å². The van der Waals surface area contributed by atoms with E-state index in [-0.39, 0.29) is 11.9 Å². The van der Waals surface area contributed by atoms with E-state index >= 15 is 0 Å². The third-order valence-corrected chi connectivity index (χ3v) is 3.31. The monoisotopic (exact) mass is 268 g/mol. The van der Waals surface area contributed by atoms with E-state index in [1.54, 1.807) is 0 Å². The number of ether oxygens (including phenoxy) is 1. The highest BCUT2D eigenvalue weighted by molar-refractivity contribution is 5.43. The Kier molecular flexibility index (Phi) is 5.04. The van der Waals surface area contributed by atoms with Crippen LogP contribution < -0.4 is 10.2 Å². The number of aryl methyl sites for hydroxylation is 1. The van der Waals surface area contributed by atoms with Crippen LogP contribution in [0, 0.1) is 5.82 Å². The molecule has 0 aromatic carbocycles. The van der Waals surface area contributed by atoms with Crippen molar-refractivity contribution in [2.24, 2.45) is 0 Å². The van der Waals surface area contributed by atoms with Crippen molar-refractivity contribution in [2.45, 2.75) is 26.3 Å². The van der Waals surface area contributed by atoms with Crippen LogP contribution in [0.2, 0.25) is 0 Å². The van der Waals surface area contributed by atoms with E-state index in [1.807, 2.05) is 11.8 Å². The number of nitrogens with zero attached hydrogens (tertiary/aromatic N) is 3. The summed E-state index contributed by atoms with van der Waals surface area (Å²) in [4.78, 5) is 10.1. The number of nitrogens with one attached hydrogen (secondary N) is 1. The summed E-state index contributed by atoms with van der Waals surface area (Å²) in [5.41, 5.74) is 0.471. The second-order valence-electron chi connectivity index (χ2n) is 4.54. The lowest BCUT2D eigenvalue weighted by atomic mass is 10.2. The Balaban J connectivity index is 2.21. The topological polar surface area (TPSA) is 50.3 Å². The zero-order valence-electron chi connectivity index (χ0n) is 11.5. The highest BCUT2D eigenvalue weighted by Crippen LogP contribution is 2.22. The number of anilines is 1. The zero-order chi connectivity index (χ0) is 13.7. The maximum atomic E-state index is 14.3. The first kappa shape index (κ1) is 14.1. The SMILES string of the molecule is CCNCC1COCCN1c1ncnc(CC)c1F. The molecule has 2 heterocycles. The number of hydrogen-bond acceptors (Lipinski definition) is 5. The lowest BCUT2D eigenvalue weighted by Gasteiger charge is -2.36. The van der Waals surface area contributed by atoms with Gasteiger partial charge in [-0.05, 0) is 13.0 Å². The molecule has 0 aliphatic carbocycles. The fraction of sp³-hybridized carbons (Fsp3) is 0.692. The zero-order valence-corrected chi connectivity index (χ0v) is 11.5. The van der Waals surface area contributed by atoms with Crippen molar-refractivity contribution >= 4 is 5.82 Å². The fourth-order valence-corrected chi connectivity index (χ4v) is 2.26. The van der Waals surface area contributed by atoms with Gasteiger partial charge in [0.2, 0.25) is 0 Å². The lowest BCUT2D eigenvalue weighted by Crippen LogP contribution is -2.51. The van der Waals surface area contributed by atoms with Crippen molar-refractivity contribution in [3.63, 3.8) is 0 Å². The predicted molar refractivity (Wildman–Crippen MR) is 71.9 cm³/mol. The number of likely N-dealkylation sites (N-methyl/N-ethyl adjacent to an activating group) is 1. The van der Waals surface area contributed by atoms with E-state index < -0.39 is 0 Å². The van der Waals surface area contributed by atoms with Crippen molar-refractivity contribution < 1.29 is 9.13 Å². The molecule has 2 rings (SSSR count). The predicted octanol–water partition coefficient (Wildman–Crippen LogP) is 0.993. The van der Waals surface area contributed by atoms with Crippen LogP contribution in [0.25, 0.3) is 0 Å². The van der Waals surface area contributed by atoms with Crippen LogP contribution in [-0.2, 0) is 11.2 Å². The van der Waals surface area contributed by atoms with Crippen LogP contribution in [0.15, 0.2) is 6.33 Å². The van der Waals surface area contributed by atoms with Crippen molar-refractivity contribution in [1.29, 1.82) is 0 Å². The summed E-state index contributed by atoms with van der Waals surface area (Å²) in [6.07, 6.45) is 2.01. The van der Waals surface area contributed by atoms with Gasteiger partial charge >= 0.3 is 0 Å². The molecule has 5 nitrogen and oxygen atoms in total. The Morgan fingerprint density at radius 3 is 3.05 bits per heavy atom. The molecule has 0 saturated carbocycles. The van der Waals surface area contributed by atoms with Crippen LogP contribution in [0.4, 0.5) is 10.2 Å². The molecule has 0 bridgehead atoms. The molecule has 1 aromatic heterocycles. The van der Waals surface area contributed by atoms with Crippen LogP contribution in [-0.4, -0.2) is 48.9 Å². The first-order chi connectivity index (χ1) is 9.27. The molecule has 106 valence electrons. The molecule has 1 aliphatic rings. The Morgan fingerprint density at radius 1 is 1.47 bits per heavy atom. The van der Waals surface area contributed by atoms with Gasteiger partial charge in [0.05, 0.1) is 24.9 Å².